The molecule has 3 heteroatoms. The van der Waals surface area contributed by atoms with Crippen LogP contribution in [0.5, 0.6) is 0 Å². The molecule has 0 bridgehead atoms. The highest BCUT2D eigenvalue weighted by molar-refractivity contribution is 7.68. The van der Waals surface area contributed by atoms with Crippen molar-refractivity contribution in [2.45, 2.75) is 13.0 Å². The first kappa shape index (κ1) is 7.68. The van der Waals surface area contributed by atoms with Gasteiger partial charge in [0.15, 0.2) is 0 Å². The van der Waals surface area contributed by atoms with Crippen molar-refractivity contribution in [2.24, 2.45) is 0 Å². The normalized spacial score (nSPS) is 15.9. The Morgan fingerprint density at radius 3 is 2.57 bits per heavy atom. The van der Waals surface area contributed by atoms with Crippen molar-refractivity contribution in [2.75, 3.05) is 13.3 Å². The second kappa shape index (κ2) is 4.83. The van der Waals surface area contributed by atoms with Gasteiger partial charge >= 0.3 is 0 Å². The van der Waals surface area contributed by atoms with Crippen LogP contribution in [0.15, 0.2) is 0 Å². The van der Waals surface area contributed by atoms with E-state index in [1.54, 1.807) is 7.11 Å². The molecule has 0 aliphatic heterocycles. The highest BCUT2D eigenvalue weighted by Gasteiger charge is 1.93. The Kier molecular flexibility index (Phi) is 5.30. The molecular formula is C4H10ClOP. The predicted octanol–water partition coefficient (Wildman–Crippen LogP) is 1.85. The summed E-state index contributed by atoms with van der Waals surface area (Å²) >= 11 is 5.42. The first-order valence-electron chi connectivity index (χ1n) is 2.17. The lowest BCUT2D eigenvalue weighted by atomic mass is 10.5. The van der Waals surface area contributed by atoms with Gasteiger partial charge in [0, 0.05) is 13.3 Å². The van der Waals surface area contributed by atoms with Gasteiger partial charge in [0.1, 0.15) is 0 Å². The summed E-state index contributed by atoms with van der Waals surface area (Å²) in [4.78, 5) is 0. The third-order valence-corrected chi connectivity index (χ3v) is 1.96. The van der Waals surface area contributed by atoms with E-state index in [1.165, 1.54) is 0 Å². The molecule has 2 unspecified atom stereocenters. The van der Waals surface area contributed by atoms with Crippen LogP contribution >= 0.6 is 19.2 Å². The summed E-state index contributed by atoms with van der Waals surface area (Å²) < 4.78 is 4.91. The summed E-state index contributed by atoms with van der Waals surface area (Å²) in [6.45, 7) is 2.01. The molecule has 0 rings (SSSR count). The molecule has 0 spiro atoms. The largest absolute Gasteiger partial charge is 0.381 e. The molecule has 0 saturated heterocycles. The lowest BCUT2D eigenvalue weighted by Crippen LogP contribution is -2.05. The van der Waals surface area contributed by atoms with Crippen molar-refractivity contribution in [3.05, 3.63) is 0 Å². The van der Waals surface area contributed by atoms with Gasteiger partial charge in [-0.05, 0) is 14.9 Å². The molecule has 0 aliphatic rings. The molecule has 0 fully saturated rings. The monoisotopic (exact) mass is 140 g/mol. The molecule has 0 N–H and O–H groups in total. The summed E-state index contributed by atoms with van der Waals surface area (Å²) in [6.07, 6.45) is 1.30. The second-order valence-corrected chi connectivity index (χ2v) is 2.86. The Balaban J connectivity index is 2.83. The molecule has 0 amide bonds. The van der Waals surface area contributed by atoms with Crippen molar-refractivity contribution in [3.8, 4) is 0 Å². The standard InChI is InChI=1S/C4H10ClOP/c1-4(6-2)3-7-5/h4,7H,3H2,1-2H3. The smallest absolute Gasteiger partial charge is 0.0590 e. The highest BCUT2D eigenvalue weighted by Crippen LogP contribution is 2.16. The molecule has 0 saturated carbocycles. The molecule has 0 aliphatic carbocycles. The Morgan fingerprint density at radius 1 is 1.86 bits per heavy atom. The van der Waals surface area contributed by atoms with E-state index in [-0.39, 0.29) is 0 Å². The highest BCUT2D eigenvalue weighted by atomic mass is 35.7. The first-order chi connectivity index (χ1) is 3.31. The molecule has 0 heterocycles. The molecule has 2 atom stereocenters. The van der Waals surface area contributed by atoms with E-state index in [0.29, 0.717) is 14.0 Å². The van der Waals surface area contributed by atoms with E-state index in [9.17, 15) is 0 Å². The van der Waals surface area contributed by atoms with Crippen molar-refractivity contribution < 1.29 is 4.74 Å². The van der Waals surface area contributed by atoms with Crippen LogP contribution in [0.2, 0.25) is 0 Å². The zero-order valence-electron chi connectivity index (χ0n) is 4.57. The fraction of sp³-hybridized carbons (Fsp3) is 1.00. The van der Waals surface area contributed by atoms with E-state index >= 15 is 0 Å². The van der Waals surface area contributed by atoms with Gasteiger partial charge < -0.3 is 4.74 Å². The average molecular weight is 141 g/mol. The first-order valence-corrected chi connectivity index (χ1v) is 4.39. The van der Waals surface area contributed by atoms with Crippen molar-refractivity contribution >= 4 is 19.2 Å². The van der Waals surface area contributed by atoms with Crippen LogP contribution in [0, 0.1) is 0 Å². The lowest BCUT2D eigenvalue weighted by molar-refractivity contribution is 0.137. The second-order valence-electron chi connectivity index (χ2n) is 1.38. The van der Waals surface area contributed by atoms with Gasteiger partial charge in [-0.25, -0.2) is 0 Å². The molecule has 0 aromatic carbocycles. The minimum atomic E-state index is 0.329. The molecule has 0 aromatic heterocycles. The van der Waals surface area contributed by atoms with E-state index in [0.717, 1.165) is 6.16 Å². The minimum absolute atomic E-state index is 0.329. The van der Waals surface area contributed by atoms with E-state index in [2.05, 4.69) is 0 Å². The van der Waals surface area contributed by atoms with Gasteiger partial charge in [0.25, 0.3) is 0 Å². The maximum atomic E-state index is 5.42. The maximum Gasteiger partial charge on any atom is 0.0590 e. The zero-order chi connectivity index (χ0) is 5.70. The Bertz CT molecular complexity index is 42.7. The number of ether oxygens (including phenoxy) is 1. The van der Waals surface area contributed by atoms with E-state index < -0.39 is 0 Å². The van der Waals surface area contributed by atoms with Gasteiger partial charge in [-0.1, -0.05) is 11.2 Å². The van der Waals surface area contributed by atoms with Crippen LogP contribution in [0.25, 0.3) is 0 Å². The summed E-state index contributed by atoms with van der Waals surface area (Å²) in [5, 5.41) is 0. The summed E-state index contributed by atoms with van der Waals surface area (Å²) in [6, 6.07) is 0. The van der Waals surface area contributed by atoms with Crippen molar-refractivity contribution in [3.63, 3.8) is 0 Å². The van der Waals surface area contributed by atoms with Gasteiger partial charge in [0.2, 0.25) is 0 Å². The minimum Gasteiger partial charge on any atom is -0.381 e. The molecular weight excluding hydrogens is 130 g/mol. The number of halogens is 1. The van der Waals surface area contributed by atoms with Gasteiger partial charge in [-0.3, -0.25) is 0 Å². The zero-order valence-corrected chi connectivity index (χ0v) is 6.33. The Morgan fingerprint density at radius 2 is 2.43 bits per heavy atom. The fourth-order valence-electron chi connectivity index (χ4n) is 0.192. The molecule has 0 radical (unpaired) electrons. The molecule has 1 nitrogen and oxygen atoms in total. The van der Waals surface area contributed by atoms with Crippen molar-refractivity contribution in [1.29, 1.82) is 0 Å². The van der Waals surface area contributed by atoms with E-state index in [1.807, 2.05) is 6.92 Å². The van der Waals surface area contributed by atoms with Gasteiger partial charge in [-0.2, -0.15) is 0 Å². The van der Waals surface area contributed by atoms with E-state index in [4.69, 9.17) is 16.0 Å². The average Bonchev–Trinajstić information content (AvgIpc) is 1.68. The van der Waals surface area contributed by atoms with Crippen molar-refractivity contribution in [1.82, 2.24) is 0 Å². The third kappa shape index (κ3) is 4.53. The quantitative estimate of drug-likeness (QED) is 0.544. The third-order valence-electron chi connectivity index (χ3n) is 0.767. The van der Waals surface area contributed by atoms with Gasteiger partial charge in [0.05, 0.1) is 6.10 Å². The maximum absolute atomic E-state index is 5.42. The summed E-state index contributed by atoms with van der Waals surface area (Å²) in [7, 11) is 2.19. The van der Waals surface area contributed by atoms with Crippen LogP contribution in [-0.4, -0.2) is 19.4 Å². The predicted molar refractivity (Wildman–Crippen MR) is 35.5 cm³/mol. The van der Waals surface area contributed by atoms with Crippen LogP contribution < -0.4 is 0 Å². The summed E-state index contributed by atoms with van der Waals surface area (Å²) in [5.41, 5.74) is 0. The number of hydrogen-bond acceptors (Lipinski definition) is 1. The molecule has 7 heavy (non-hydrogen) atoms. The van der Waals surface area contributed by atoms with Gasteiger partial charge in [-0.15, -0.1) is 0 Å². The number of methoxy groups -OCH3 is 1. The summed E-state index contributed by atoms with van der Waals surface area (Å²) in [5.74, 6) is 0. The fourth-order valence-corrected chi connectivity index (χ4v) is 1.23. The van der Waals surface area contributed by atoms with Crippen LogP contribution in [0.4, 0.5) is 0 Å². The molecule has 0 aromatic rings. The number of rotatable bonds is 3. The number of hydrogen-bond donors (Lipinski definition) is 0. The Hall–Kier alpha value is 0.680. The Labute approximate surface area is 51.0 Å². The topological polar surface area (TPSA) is 9.23 Å². The van der Waals surface area contributed by atoms with Crippen LogP contribution in [-0.2, 0) is 4.74 Å². The molecule has 44 valence electrons. The SMILES string of the molecule is COC(C)CPCl. The van der Waals surface area contributed by atoms with Crippen LogP contribution in [0.3, 0.4) is 0 Å². The van der Waals surface area contributed by atoms with Crippen LogP contribution in [0.1, 0.15) is 6.92 Å². The lowest BCUT2D eigenvalue weighted by Gasteiger charge is -2.03.